The summed E-state index contributed by atoms with van der Waals surface area (Å²) in [4.78, 5) is 11.4. The lowest BCUT2D eigenvalue weighted by Gasteiger charge is -2.32. The fraction of sp³-hybridized carbons (Fsp3) is 0.412. The number of aliphatic carboxylic acids is 1. The first-order valence-corrected chi connectivity index (χ1v) is 7.56. The van der Waals surface area contributed by atoms with E-state index >= 15 is 0 Å². The first-order chi connectivity index (χ1) is 12.2. The molecule has 0 aliphatic heterocycles. The Labute approximate surface area is 146 Å². The van der Waals surface area contributed by atoms with Crippen LogP contribution in [-0.2, 0) is 10.2 Å². The van der Waals surface area contributed by atoms with E-state index in [9.17, 15) is 32.7 Å². The molecule has 0 fully saturated rings. The number of rotatable bonds is 6. The molecule has 1 aliphatic rings. The van der Waals surface area contributed by atoms with Gasteiger partial charge >= 0.3 is 19.2 Å². The summed E-state index contributed by atoms with van der Waals surface area (Å²) in [5, 5.41) is 19.0. The predicted molar refractivity (Wildman–Crippen MR) is 81.2 cm³/mol. The molecule has 0 saturated carbocycles. The van der Waals surface area contributed by atoms with Gasteiger partial charge in [0.25, 0.3) is 0 Å². The van der Waals surface area contributed by atoms with Gasteiger partial charge in [-0.1, -0.05) is 11.6 Å². The number of alkyl halides is 4. The van der Waals surface area contributed by atoms with Crippen molar-refractivity contribution >= 4 is 5.97 Å². The third-order valence-electron chi connectivity index (χ3n) is 4.32. The molecule has 1 aromatic rings. The van der Waals surface area contributed by atoms with E-state index in [1.165, 1.54) is 6.07 Å². The molecule has 1 N–H and O–H groups in total. The van der Waals surface area contributed by atoms with Crippen molar-refractivity contribution in [2.24, 2.45) is 0 Å². The molecular weight excluding hydrogens is 358 g/mol. The molecule has 26 heavy (non-hydrogen) atoms. The highest BCUT2D eigenvalue weighted by Gasteiger charge is 2.39. The molecule has 1 unspecified atom stereocenters. The van der Waals surface area contributed by atoms with Gasteiger partial charge in [0.2, 0.25) is 0 Å². The zero-order valence-electron chi connectivity index (χ0n) is 13.6. The minimum absolute atomic E-state index is 0.0713. The van der Waals surface area contributed by atoms with Crippen LogP contribution in [-0.4, -0.2) is 24.3 Å². The predicted octanol–water partition coefficient (Wildman–Crippen LogP) is 4.24. The zero-order chi connectivity index (χ0) is 19.5. The highest BCUT2D eigenvalue weighted by molar-refractivity contribution is 5.88. The van der Waals surface area contributed by atoms with Crippen molar-refractivity contribution in [2.75, 3.05) is 0 Å². The number of benzene rings is 1. The molecule has 0 bridgehead atoms. The van der Waals surface area contributed by atoms with Crippen LogP contribution in [0.2, 0.25) is 0 Å². The molecule has 0 amide bonds. The summed E-state index contributed by atoms with van der Waals surface area (Å²) in [5.41, 5.74) is -0.396. The number of nitriles is 1. The number of halogens is 4. The maximum absolute atomic E-state index is 12.6. The Morgan fingerprint density at radius 1 is 1.23 bits per heavy atom. The van der Waals surface area contributed by atoms with Gasteiger partial charge in [-0.25, -0.2) is 4.79 Å². The average Bonchev–Trinajstić information content (AvgIpc) is 2.56. The Morgan fingerprint density at radius 3 is 2.38 bits per heavy atom. The minimum Gasteiger partial charge on any atom is -0.478 e. The van der Waals surface area contributed by atoms with Crippen molar-refractivity contribution < 1.29 is 36.9 Å². The highest BCUT2D eigenvalue weighted by Crippen LogP contribution is 2.44. The van der Waals surface area contributed by atoms with Gasteiger partial charge < -0.3 is 14.6 Å². The molecule has 0 saturated heterocycles. The largest absolute Gasteiger partial charge is 0.478 e. The van der Waals surface area contributed by atoms with Crippen molar-refractivity contribution in [3.05, 3.63) is 34.9 Å². The molecular formula is C17H15F4NO4. The monoisotopic (exact) mass is 373 g/mol. The summed E-state index contributed by atoms with van der Waals surface area (Å²) in [6.45, 7) is -4.88. The maximum Gasteiger partial charge on any atom is 0.387 e. The number of carboxylic acids is 1. The van der Waals surface area contributed by atoms with Gasteiger partial charge in [0.1, 0.15) is 0 Å². The lowest BCUT2D eigenvalue weighted by Crippen LogP contribution is -2.30. The Kier molecular flexibility index (Phi) is 5.75. The van der Waals surface area contributed by atoms with Crippen LogP contribution in [0.5, 0.6) is 11.5 Å². The maximum atomic E-state index is 12.6. The van der Waals surface area contributed by atoms with Crippen LogP contribution in [0.25, 0.3) is 0 Å². The van der Waals surface area contributed by atoms with Gasteiger partial charge in [0.05, 0.1) is 11.5 Å². The first-order valence-electron chi connectivity index (χ1n) is 7.56. The fourth-order valence-electron chi connectivity index (χ4n) is 2.94. The van der Waals surface area contributed by atoms with Crippen molar-refractivity contribution in [3.8, 4) is 17.6 Å². The number of ether oxygens (including phenoxy) is 2. The fourth-order valence-corrected chi connectivity index (χ4v) is 2.94. The minimum atomic E-state index is -3.29. The van der Waals surface area contributed by atoms with Gasteiger partial charge in [-0.15, -0.1) is 0 Å². The van der Waals surface area contributed by atoms with E-state index in [0.717, 1.165) is 12.1 Å². The molecule has 9 heteroatoms. The van der Waals surface area contributed by atoms with E-state index in [2.05, 4.69) is 15.5 Å². The molecule has 2 rings (SSSR count). The third kappa shape index (κ3) is 4.07. The number of allylic oxidation sites excluding steroid dienone is 1. The molecule has 5 nitrogen and oxygen atoms in total. The highest BCUT2D eigenvalue weighted by atomic mass is 19.3. The Morgan fingerprint density at radius 2 is 1.85 bits per heavy atom. The normalized spacial score (nSPS) is 20.2. The summed E-state index contributed by atoms with van der Waals surface area (Å²) in [6.07, 6.45) is 0.457. The van der Waals surface area contributed by atoms with Crippen LogP contribution in [0.15, 0.2) is 29.3 Å². The molecule has 0 heterocycles. The van der Waals surface area contributed by atoms with Crippen molar-refractivity contribution in [1.29, 1.82) is 5.26 Å². The number of hydrogen-bond donors (Lipinski definition) is 1. The quantitative estimate of drug-likeness (QED) is 0.755. The smallest absolute Gasteiger partial charge is 0.387 e. The van der Waals surface area contributed by atoms with E-state index in [1.807, 2.05) is 0 Å². The lowest BCUT2D eigenvalue weighted by atomic mass is 9.68. The van der Waals surface area contributed by atoms with E-state index < -0.39 is 36.1 Å². The van der Waals surface area contributed by atoms with Gasteiger partial charge in [-0.3, -0.25) is 0 Å². The van der Waals surface area contributed by atoms with Gasteiger partial charge in [0.15, 0.2) is 11.5 Å². The summed E-state index contributed by atoms with van der Waals surface area (Å²) >= 11 is 0. The van der Waals surface area contributed by atoms with Crippen LogP contribution >= 0.6 is 0 Å². The standard InChI is InChI=1S/C17H15F4NO4/c1-9-4-5-17(8-22,7-11(9)14(23)24)10-2-3-12(25-15(18)19)13(6-10)26-16(20)21/h2-3,6,15-16H,4-5,7H2,1H3,(H,23,24). The van der Waals surface area contributed by atoms with Crippen molar-refractivity contribution in [3.63, 3.8) is 0 Å². The van der Waals surface area contributed by atoms with Crippen LogP contribution < -0.4 is 9.47 Å². The summed E-state index contributed by atoms with van der Waals surface area (Å²) in [6, 6.07) is 5.35. The first kappa shape index (κ1) is 19.6. The Hall–Kier alpha value is -2.76. The molecule has 1 aliphatic carbocycles. The molecule has 1 aromatic carbocycles. The molecule has 1 atom stereocenters. The third-order valence-corrected chi connectivity index (χ3v) is 4.32. The van der Waals surface area contributed by atoms with E-state index in [-0.39, 0.29) is 24.0 Å². The van der Waals surface area contributed by atoms with Crippen molar-refractivity contribution in [1.82, 2.24) is 0 Å². The SMILES string of the molecule is CC1=C(C(=O)O)CC(C#N)(c2ccc(OC(F)F)c(OC(F)F)c2)CC1. The molecule has 0 aromatic heterocycles. The summed E-state index contributed by atoms with van der Waals surface area (Å²) in [7, 11) is 0. The second-order valence-electron chi connectivity index (χ2n) is 5.85. The van der Waals surface area contributed by atoms with Crippen molar-refractivity contribution in [2.45, 2.75) is 44.8 Å². The van der Waals surface area contributed by atoms with Gasteiger partial charge in [0, 0.05) is 12.0 Å². The molecule has 0 spiro atoms. The zero-order valence-corrected chi connectivity index (χ0v) is 13.6. The second-order valence-corrected chi connectivity index (χ2v) is 5.85. The number of nitrogens with zero attached hydrogens (tertiary/aromatic N) is 1. The topological polar surface area (TPSA) is 79.5 Å². The van der Waals surface area contributed by atoms with E-state index in [4.69, 9.17) is 0 Å². The summed E-state index contributed by atoms with van der Waals surface area (Å²) in [5.74, 6) is -2.41. The molecule has 140 valence electrons. The van der Waals surface area contributed by atoms with Crippen LogP contribution in [0.1, 0.15) is 31.7 Å². The van der Waals surface area contributed by atoms with Gasteiger partial charge in [-0.05, 0) is 37.5 Å². The van der Waals surface area contributed by atoms with Crippen LogP contribution in [0.4, 0.5) is 17.6 Å². The number of carboxylic acid groups (broad SMARTS) is 1. The van der Waals surface area contributed by atoms with Crippen LogP contribution in [0, 0.1) is 11.3 Å². The lowest BCUT2D eigenvalue weighted by molar-refractivity contribution is -0.133. The number of hydrogen-bond acceptors (Lipinski definition) is 4. The Balaban J connectivity index is 2.49. The van der Waals surface area contributed by atoms with Crippen LogP contribution in [0.3, 0.4) is 0 Å². The Bertz CT molecular complexity index is 773. The number of carbonyl (C=O) groups is 1. The average molecular weight is 373 g/mol. The second kappa shape index (κ2) is 7.64. The van der Waals surface area contributed by atoms with Gasteiger partial charge in [-0.2, -0.15) is 22.8 Å². The van der Waals surface area contributed by atoms with E-state index in [1.54, 1.807) is 6.92 Å². The molecule has 0 radical (unpaired) electrons. The summed E-state index contributed by atoms with van der Waals surface area (Å²) < 4.78 is 58.4. The van der Waals surface area contributed by atoms with E-state index in [0.29, 0.717) is 12.0 Å².